The summed E-state index contributed by atoms with van der Waals surface area (Å²) in [7, 11) is 0. The van der Waals surface area contributed by atoms with E-state index in [-0.39, 0.29) is 17.9 Å². The summed E-state index contributed by atoms with van der Waals surface area (Å²) in [6.45, 7) is 0.374. The Labute approximate surface area is 214 Å². The van der Waals surface area contributed by atoms with Crippen LogP contribution in [0.15, 0.2) is 47.0 Å². The van der Waals surface area contributed by atoms with Gasteiger partial charge in [-0.05, 0) is 80.2 Å². The first-order chi connectivity index (χ1) is 17.0. The van der Waals surface area contributed by atoms with E-state index in [1.54, 1.807) is 18.2 Å². The standard InChI is InChI=1S/C28H26Cl2N2O3/c29-23-5-2-6-24(30)25(23)26-22(27(35-32-26)17-7-8-17)15-34-21-12-19-9-10-20(13-21)28(19,33)18-4-1-3-16(11-18)14-31/h1-6,11,17,19-21,33H,7-10,12-13,15H2. The van der Waals surface area contributed by atoms with Crippen molar-refractivity contribution in [1.82, 2.24) is 5.16 Å². The molecule has 0 amide bonds. The summed E-state index contributed by atoms with van der Waals surface area (Å²) in [5, 5.41) is 26.5. The van der Waals surface area contributed by atoms with Crippen molar-refractivity contribution < 1.29 is 14.4 Å². The number of halogens is 2. The molecule has 3 saturated carbocycles. The zero-order valence-corrected chi connectivity index (χ0v) is 20.7. The molecule has 3 aliphatic rings. The number of nitrogens with zero attached hydrogens (tertiary/aromatic N) is 2. The smallest absolute Gasteiger partial charge is 0.145 e. The van der Waals surface area contributed by atoms with E-state index in [1.165, 1.54) is 0 Å². The lowest BCUT2D eigenvalue weighted by atomic mass is 9.69. The molecule has 2 unspecified atom stereocenters. The minimum absolute atomic E-state index is 0.0310. The van der Waals surface area contributed by atoms with Crippen LogP contribution in [0.1, 0.15) is 66.9 Å². The third-order valence-electron chi connectivity index (χ3n) is 8.09. The molecule has 5 nitrogen and oxygen atoms in total. The Kier molecular flexibility index (Phi) is 5.89. The average molecular weight is 509 g/mol. The summed E-state index contributed by atoms with van der Waals surface area (Å²) in [6.07, 6.45) is 5.66. The van der Waals surface area contributed by atoms with Gasteiger partial charge in [-0.15, -0.1) is 0 Å². The third kappa shape index (κ3) is 3.97. The monoisotopic (exact) mass is 508 g/mol. The van der Waals surface area contributed by atoms with Gasteiger partial charge in [0.1, 0.15) is 11.5 Å². The Morgan fingerprint density at radius 3 is 2.40 bits per heavy atom. The van der Waals surface area contributed by atoms with Gasteiger partial charge in [-0.25, -0.2) is 0 Å². The van der Waals surface area contributed by atoms with Crippen molar-refractivity contribution in [2.75, 3.05) is 0 Å². The average Bonchev–Trinajstić information content (AvgIpc) is 3.60. The number of aromatic nitrogens is 1. The predicted octanol–water partition coefficient (Wildman–Crippen LogP) is 6.99. The molecule has 0 aliphatic heterocycles. The van der Waals surface area contributed by atoms with Crippen molar-refractivity contribution >= 4 is 23.2 Å². The van der Waals surface area contributed by atoms with E-state index < -0.39 is 5.60 Å². The molecule has 2 atom stereocenters. The van der Waals surface area contributed by atoms with Gasteiger partial charge in [0.05, 0.1) is 40.0 Å². The highest BCUT2D eigenvalue weighted by atomic mass is 35.5. The van der Waals surface area contributed by atoms with Gasteiger partial charge >= 0.3 is 0 Å². The fourth-order valence-corrected chi connectivity index (χ4v) is 6.77. The van der Waals surface area contributed by atoms with E-state index in [0.29, 0.717) is 39.4 Å². The van der Waals surface area contributed by atoms with Crippen LogP contribution in [-0.2, 0) is 16.9 Å². The molecule has 3 fully saturated rings. The Bertz CT molecular complexity index is 1280. The highest BCUT2D eigenvalue weighted by molar-refractivity contribution is 6.39. The molecular formula is C28H26Cl2N2O3. The maximum Gasteiger partial charge on any atom is 0.145 e. The molecule has 0 radical (unpaired) electrons. The van der Waals surface area contributed by atoms with Gasteiger partial charge in [0.2, 0.25) is 0 Å². The Morgan fingerprint density at radius 2 is 1.74 bits per heavy atom. The summed E-state index contributed by atoms with van der Waals surface area (Å²) in [6, 6.07) is 15.1. The lowest BCUT2D eigenvalue weighted by Gasteiger charge is -2.43. The van der Waals surface area contributed by atoms with Crippen LogP contribution >= 0.6 is 23.2 Å². The first-order valence-corrected chi connectivity index (χ1v) is 13.0. The molecule has 2 aromatic carbocycles. The molecule has 0 spiro atoms. The quantitative estimate of drug-likeness (QED) is 0.388. The number of benzene rings is 2. The summed E-state index contributed by atoms with van der Waals surface area (Å²) in [5.41, 5.74) is 2.80. The van der Waals surface area contributed by atoms with E-state index in [4.69, 9.17) is 32.5 Å². The summed E-state index contributed by atoms with van der Waals surface area (Å²) < 4.78 is 12.3. The Morgan fingerprint density at radius 1 is 1.06 bits per heavy atom. The van der Waals surface area contributed by atoms with Crippen molar-refractivity contribution in [3.8, 4) is 17.3 Å². The maximum absolute atomic E-state index is 11.8. The highest BCUT2D eigenvalue weighted by Gasteiger charge is 2.54. The number of ether oxygens (including phenoxy) is 1. The van der Waals surface area contributed by atoms with Crippen LogP contribution in [0.25, 0.3) is 11.3 Å². The second kappa shape index (κ2) is 8.94. The highest BCUT2D eigenvalue weighted by Crippen LogP contribution is 2.56. The molecular weight excluding hydrogens is 483 g/mol. The van der Waals surface area contributed by atoms with Crippen LogP contribution < -0.4 is 0 Å². The van der Waals surface area contributed by atoms with Crippen LogP contribution in [0.2, 0.25) is 10.0 Å². The van der Waals surface area contributed by atoms with Crippen molar-refractivity contribution in [2.24, 2.45) is 11.8 Å². The SMILES string of the molecule is N#Cc1cccc(C2(O)C3CCC2CC(OCc2c(-c4c(Cl)cccc4Cl)noc2C2CC2)C3)c1. The minimum Gasteiger partial charge on any atom is -0.385 e. The zero-order valence-electron chi connectivity index (χ0n) is 19.2. The van der Waals surface area contributed by atoms with Gasteiger partial charge < -0.3 is 14.4 Å². The van der Waals surface area contributed by atoms with E-state index >= 15 is 0 Å². The fourth-order valence-electron chi connectivity index (χ4n) is 6.20. The molecule has 3 aromatic rings. The molecule has 6 rings (SSSR count). The molecule has 1 aromatic heterocycles. The molecule has 7 heteroatoms. The zero-order chi connectivity index (χ0) is 24.2. The molecule has 2 bridgehead atoms. The lowest BCUT2D eigenvalue weighted by Crippen LogP contribution is -2.44. The molecule has 3 aliphatic carbocycles. The summed E-state index contributed by atoms with van der Waals surface area (Å²) in [4.78, 5) is 0. The van der Waals surface area contributed by atoms with Gasteiger partial charge in [-0.2, -0.15) is 5.26 Å². The first-order valence-electron chi connectivity index (χ1n) is 12.3. The van der Waals surface area contributed by atoms with Crippen LogP contribution in [-0.4, -0.2) is 16.4 Å². The van der Waals surface area contributed by atoms with Crippen molar-refractivity contribution in [1.29, 1.82) is 5.26 Å². The largest absolute Gasteiger partial charge is 0.385 e. The Hall–Kier alpha value is -2.36. The van der Waals surface area contributed by atoms with Crippen LogP contribution in [0.5, 0.6) is 0 Å². The minimum atomic E-state index is -0.903. The van der Waals surface area contributed by atoms with E-state index in [1.807, 2.05) is 24.3 Å². The lowest BCUT2D eigenvalue weighted by molar-refractivity contribution is -0.116. The van der Waals surface area contributed by atoms with Gasteiger partial charge in [-0.3, -0.25) is 0 Å². The normalized spacial score (nSPS) is 27.7. The van der Waals surface area contributed by atoms with Gasteiger partial charge in [0.15, 0.2) is 0 Å². The topological polar surface area (TPSA) is 79.3 Å². The second-order valence-corrected chi connectivity index (χ2v) is 11.0. The maximum atomic E-state index is 11.8. The van der Waals surface area contributed by atoms with E-state index in [9.17, 15) is 10.4 Å². The van der Waals surface area contributed by atoms with Gasteiger partial charge in [0.25, 0.3) is 0 Å². The number of fused-ring (bicyclic) bond motifs is 2. The first kappa shape index (κ1) is 23.1. The molecule has 0 saturated heterocycles. The molecule has 180 valence electrons. The van der Waals surface area contributed by atoms with E-state index in [2.05, 4.69) is 11.2 Å². The van der Waals surface area contributed by atoms with E-state index in [0.717, 1.165) is 55.4 Å². The third-order valence-corrected chi connectivity index (χ3v) is 8.72. The van der Waals surface area contributed by atoms with Crippen LogP contribution in [0, 0.1) is 23.2 Å². The second-order valence-electron chi connectivity index (χ2n) is 10.1. The van der Waals surface area contributed by atoms with Gasteiger partial charge in [-0.1, -0.05) is 46.6 Å². The van der Waals surface area contributed by atoms with Crippen LogP contribution in [0.4, 0.5) is 0 Å². The molecule has 1 heterocycles. The number of nitriles is 1. The number of rotatable bonds is 6. The molecule has 1 N–H and O–H groups in total. The van der Waals surface area contributed by atoms with Crippen molar-refractivity contribution in [3.05, 3.63) is 75.0 Å². The van der Waals surface area contributed by atoms with Crippen molar-refractivity contribution in [3.63, 3.8) is 0 Å². The number of aliphatic hydroxyl groups is 1. The summed E-state index contributed by atoms with van der Waals surface area (Å²) in [5.74, 6) is 1.45. The summed E-state index contributed by atoms with van der Waals surface area (Å²) >= 11 is 13.0. The number of hydrogen-bond donors (Lipinski definition) is 1. The fraction of sp³-hybridized carbons (Fsp3) is 0.429. The van der Waals surface area contributed by atoms with Crippen LogP contribution in [0.3, 0.4) is 0 Å². The molecule has 35 heavy (non-hydrogen) atoms. The Balaban J connectivity index is 1.23. The van der Waals surface area contributed by atoms with Crippen molar-refractivity contribution in [2.45, 2.75) is 62.8 Å². The number of hydrogen-bond acceptors (Lipinski definition) is 5. The predicted molar refractivity (Wildman–Crippen MR) is 133 cm³/mol. The van der Waals surface area contributed by atoms with Gasteiger partial charge in [0, 0.05) is 17.0 Å².